The topological polar surface area (TPSA) is 160 Å². The number of nitrogens with one attached hydrogen (secondary N) is 1. The smallest absolute Gasteiger partial charge is 0.280 e. The van der Waals surface area contributed by atoms with Crippen molar-refractivity contribution in [1.82, 2.24) is 19.5 Å². The first-order chi connectivity index (χ1) is 9.90. The number of halogens is 1. The number of nitrogens with two attached hydrogens (primary N) is 1. The lowest BCUT2D eigenvalue weighted by atomic mass is 10.2. The number of aliphatic hydroxyl groups is 3. The van der Waals surface area contributed by atoms with Crippen LogP contribution >= 0.6 is 15.9 Å². The van der Waals surface area contributed by atoms with Gasteiger partial charge >= 0.3 is 0 Å². The van der Waals surface area contributed by atoms with Crippen LogP contribution in [0.4, 0.5) is 5.95 Å². The summed E-state index contributed by atoms with van der Waals surface area (Å²) in [6.07, 6.45) is -4.06. The van der Waals surface area contributed by atoms with Crippen LogP contribution in [0.2, 0.25) is 0 Å². The molecule has 0 aromatic carbocycles. The zero-order valence-corrected chi connectivity index (χ0v) is 12.5. The summed E-state index contributed by atoms with van der Waals surface area (Å²) in [4.78, 5) is 21.8. The Morgan fingerprint density at radius 3 is 2.71 bits per heavy atom. The largest absolute Gasteiger partial charge is 0.394 e. The van der Waals surface area contributed by atoms with Crippen molar-refractivity contribution in [2.45, 2.75) is 18.4 Å². The fraction of sp³-hybridized carbons (Fsp3) is 0.500. The van der Waals surface area contributed by atoms with Gasteiger partial charge in [0, 0.05) is 7.11 Å². The Morgan fingerprint density at radius 1 is 1.48 bits per heavy atom. The van der Waals surface area contributed by atoms with E-state index in [2.05, 4.69) is 30.9 Å². The van der Waals surface area contributed by atoms with E-state index in [-0.39, 0.29) is 21.8 Å². The molecule has 0 saturated heterocycles. The molecule has 3 atom stereocenters. The minimum atomic E-state index is -1.56. The highest BCUT2D eigenvalue weighted by Crippen LogP contribution is 2.24. The standard InChI is InChI=1S/C10H14BrN5O5/c1-21-3(2-17)5(18)8(20)16-6-4(13-9(16)11)7(19)15-10(12)14-6/h3,5,8,17-18,20H,2H2,1H3,(H3,12,14,15,19)/t3-,5-,8-/m1/s1. The van der Waals surface area contributed by atoms with Gasteiger partial charge in [-0.15, -0.1) is 0 Å². The Morgan fingerprint density at radius 2 is 2.14 bits per heavy atom. The first-order valence-electron chi connectivity index (χ1n) is 5.83. The third-order valence-corrected chi connectivity index (χ3v) is 3.52. The number of hydrogen-bond donors (Lipinski definition) is 5. The molecule has 0 fully saturated rings. The highest BCUT2D eigenvalue weighted by Gasteiger charge is 2.30. The number of methoxy groups -OCH3 is 1. The first-order valence-corrected chi connectivity index (χ1v) is 6.63. The van der Waals surface area contributed by atoms with E-state index in [1.165, 1.54) is 7.11 Å². The van der Waals surface area contributed by atoms with Gasteiger partial charge in [-0.1, -0.05) is 0 Å². The van der Waals surface area contributed by atoms with E-state index in [4.69, 9.17) is 15.6 Å². The Kier molecular flexibility index (Phi) is 4.58. The molecule has 0 aliphatic heterocycles. The van der Waals surface area contributed by atoms with Crippen molar-refractivity contribution in [2.75, 3.05) is 19.5 Å². The molecule has 0 amide bonds. The second kappa shape index (κ2) is 6.07. The van der Waals surface area contributed by atoms with Crippen molar-refractivity contribution in [3.8, 4) is 0 Å². The normalized spacial score (nSPS) is 16.0. The molecule has 0 radical (unpaired) electrons. The quantitative estimate of drug-likeness (QED) is 0.394. The average molecular weight is 364 g/mol. The van der Waals surface area contributed by atoms with Crippen LogP contribution in [0, 0.1) is 0 Å². The molecule has 0 bridgehead atoms. The van der Waals surface area contributed by atoms with Gasteiger partial charge in [0.25, 0.3) is 5.56 Å². The van der Waals surface area contributed by atoms with Gasteiger partial charge in [-0.3, -0.25) is 14.3 Å². The number of rotatable bonds is 5. The minimum Gasteiger partial charge on any atom is -0.394 e. The molecule has 0 unspecified atom stereocenters. The number of fused-ring (bicyclic) bond motifs is 1. The maximum absolute atomic E-state index is 11.7. The number of nitrogens with zero attached hydrogens (tertiary/aromatic N) is 3. The highest BCUT2D eigenvalue weighted by molar-refractivity contribution is 9.10. The lowest BCUT2D eigenvalue weighted by molar-refractivity contribution is -0.116. The van der Waals surface area contributed by atoms with Crippen molar-refractivity contribution >= 4 is 33.0 Å². The number of aliphatic hydroxyl groups excluding tert-OH is 3. The Balaban J connectivity index is 2.55. The van der Waals surface area contributed by atoms with Crippen molar-refractivity contribution < 1.29 is 20.1 Å². The molecule has 2 aromatic heterocycles. The van der Waals surface area contributed by atoms with Gasteiger partial charge in [-0.2, -0.15) is 4.98 Å². The summed E-state index contributed by atoms with van der Waals surface area (Å²) in [5, 5.41) is 29.3. The fourth-order valence-corrected chi connectivity index (χ4v) is 2.43. The average Bonchev–Trinajstić information content (AvgIpc) is 2.76. The number of imidazole rings is 1. The van der Waals surface area contributed by atoms with Crippen LogP contribution in [0.15, 0.2) is 9.53 Å². The van der Waals surface area contributed by atoms with Gasteiger partial charge in [-0.05, 0) is 15.9 Å². The van der Waals surface area contributed by atoms with Gasteiger partial charge in [0.15, 0.2) is 22.1 Å². The second-order valence-electron chi connectivity index (χ2n) is 4.24. The van der Waals surface area contributed by atoms with E-state index in [9.17, 15) is 15.0 Å². The summed E-state index contributed by atoms with van der Waals surface area (Å²) in [6, 6.07) is 0. The SMILES string of the molecule is CO[C@H](CO)[C@@H](O)[C@@H](O)n1c(Br)nc2c(=O)[nH]c(N)nc21. The third-order valence-electron chi connectivity index (χ3n) is 2.96. The summed E-state index contributed by atoms with van der Waals surface area (Å²) in [7, 11) is 1.28. The predicted molar refractivity (Wildman–Crippen MR) is 75.4 cm³/mol. The molecular weight excluding hydrogens is 350 g/mol. The van der Waals surface area contributed by atoms with Crippen molar-refractivity contribution in [3.63, 3.8) is 0 Å². The second-order valence-corrected chi connectivity index (χ2v) is 4.94. The number of nitrogen functional groups attached to an aromatic ring is 1. The molecule has 6 N–H and O–H groups in total. The van der Waals surface area contributed by atoms with Crippen molar-refractivity contribution in [2.24, 2.45) is 0 Å². The molecular formula is C10H14BrN5O5. The monoisotopic (exact) mass is 363 g/mol. The predicted octanol–water partition coefficient (Wildman–Crippen LogP) is -1.68. The highest BCUT2D eigenvalue weighted by atomic mass is 79.9. The maximum Gasteiger partial charge on any atom is 0.280 e. The Hall–Kier alpha value is -1.53. The van der Waals surface area contributed by atoms with Gasteiger partial charge in [-0.25, -0.2) is 4.98 Å². The van der Waals surface area contributed by atoms with E-state index in [1.54, 1.807) is 0 Å². The van der Waals surface area contributed by atoms with Crippen LogP contribution in [-0.2, 0) is 4.74 Å². The molecule has 116 valence electrons. The van der Waals surface area contributed by atoms with Gasteiger partial charge in [0.1, 0.15) is 12.2 Å². The number of aromatic nitrogens is 4. The molecule has 21 heavy (non-hydrogen) atoms. The first kappa shape index (κ1) is 15.9. The van der Waals surface area contributed by atoms with E-state index < -0.39 is 30.6 Å². The molecule has 2 aromatic rings. The molecule has 2 heterocycles. The van der Waals surface area contributed by atoms with Crippen LogP contribution < -0.4 is 11.3 Å². The minimum absolute atomic E-state index is 0.0116. The van der Waals surface area contributed by atoms with Gasteiger partial charge in [0.05, 0.1) is 6.61 Å². The van der Waals surface area contributed by atoms with E-state index in [1.807, 2.05) is 0 Å². The van der Waals surface area contributed by atoms with Crippen molar-refractivity contribution in [1.29, 1.82) is 0 Å². The summed E-state index contributed by atoms with van der Waals surface area (Å²) in [6.45, 7) is -0.505. The lowest BCUT2D eigenvalue weighted by Crippen LogP contribution is -2.39. The lowest BCUT2D eigenvalue weighted by Gasteiger charge is -2.25. The number of hydrogen-bond acceptors (Lipinski definition) is 8. The number of anilines is 1. The molecule has 0 aliphatic rings. The molecule has 11 heteroatoms. The van der Waals surface area contributed by atoms with E-state index in [0.29, 0.717) is 0 Å². The molecule has 2 rings (SSSR count). The number of H-pyrrole nitrogens is 1. The van der Waals surface area contributed by atoms with Crippen LogP contribution in [0.25, 0.3) is 11.2 Å². The fourth-order valence-electron chi connectivity index (χ4n) is 1.88. The number of ether oxygens (including phenoxy) is 1. The summed E-state index contributed by atoms with van der Waals surface area (Å²) in [5.41, 5.74) is 4.81. The molecule has 0 saturated carbocycles. The molecule has 0 spiro atoms. The van der Waals surface area contributed by atoms with Crippen molar-refractivity contribution in [3.05, 3.63) is 15.1 Å². The zero-order valence-electron chi connectivity index (χ0n) is 10.9. The molecule has 10 nitrogen and oxygen atoms in total. The van der Waals surface area contributed by atoms with Crippen LogP contribution in [-0.4, -0.2) is 60.8 Å². The third kappa shape index (κ3) is 2.78. The van der Waals surface area contributed by atoms with Crippen LogP contribution in [0.1, 0.15) is 6.23 Å². The summed E-state index contributed by atoms with van der Waals surface area (Å²) < 4.78 is 6.00. The van der Waals surface area contributed by atoms with Gasteiger partial charge in [0.2, 0.25) is 5.95 Å². The van der Waals surface area contributed by atoms with E-state index >= 15 is 0 Å². The Labute approximate surface area is 126 Å². The van der Waals surface area contributed by atoms with E-state index in [0.717, 1.165) is 4.57 Å². The van der Waals surface area contributed by atoms with Gasteiger partial charge < -0.3 is 25.8 Å². The molecule has 0 aliphatic carbocycles. The Bertz CT molecular complexity index is 697. The van der Waals surface area contributed by atoms with Crippen LogP contribution in [0.3, 0.4) is 0 Å². The maximum atomic E-state index is 11.7. The summed E-state index contributed by atoms with van der Waals surface area (Å²) in [5.74, 6) is -0.159. The summed E-state index contributed by atoms with van der Waals surface area (Å²) >= 11 is 3.07. The van der Waals surface area contributed by atoms with Crippen LogP contribution in [0.5, 0.6) is 0 Å². The zero-order chi connectivity index (χ0) is 15.7. The number of aromatic amines is 1.